The van der Waals surface area contributed by atoms with Crippen LogP contribution in [0.4, 0.5) is 0 Å². The number of hydrogen-bond donors (Lipinski definition) is 0. The van der Waals surface area contributed by atoms with Gasteiger partial charge in [0.05, 0.1) is 0 Å². The minimum atomic E-state index is -0.135. The molecule has 0 aromatic carbocycles. The number of carbonyl (C=O) groups is 2. The molecule has 0 aromatic rings. The van der Waals surface area contributed by atoms with Gasteiger partial charge in [0.15, 0.2) is 0 Å². The quantitative estimate of drug-likeness (QED) is 0.268. The van der Waals surface area contributed by atoms with Crippen LogP contribution in [0.25, 0.3) is 0 Å². The summed E-state index contributed by atoms with van der Waals surface area (Å²) in [5.74, 6) is 2.18. The zero-order valence-corrected chi connectivity index (χ0v) is 25.7. The van der Waals surface area contributed by atoms with Crippen LogP contribution in [-0.2, 0) is 19.1 Å². The van der Waals surface area contributed by atoms with E-state index >= 15 is 0 Å². The minimum Gasteiger partial charge on any atom is -0.462 e. The predicted molar refractivity (Wildman–Crippen MR) is 151 cm³/mol. The van der Waals surface area contributed by atoms with Crippen LogP contribution in [0.15, 0.2) is 11.6 Å². The topological polar surface area (TPSA) is 52.6 Å². The van der Waals surface area contributed by atoms with Crippen LogP contribution in [0, 0.1) is 50.7 Å². The highest BCUT2D eigenvalue weighted by Gasteiger charge is 2.63. The second-order valence-corrected chi connectivity index (χ2v) is 16.0. The van der Waals surface area contributed by atoms with Gasteiger partial charge in [0.25, 0.3) is 0 Å². The molecular formula is C34H54O4. The maximum Gasteiger partial charge on any atom is 0.302 e. The van der Waals surface area contributed by atoms with Gasteiger partial charge >= 0.3 is 11.9 Å². The van der Waals surface area contributed by atoms with Crippen LogP contribution in [0.1, 0.15) is 127 Å². The summed E-state index contributed by atoms with van der Waals surface area (Å²) in [7, 11) is 0. The van der Waals surface area contributed by atoms with Gasteiger partial charge in [-0.15, -0.1) is 0 Å². The smallest absolute Gasteiger partial charge is 0.302 e. The standard InChI is InChI=1S/C34H54O4/c1-21(35)37-28-15-18-33(8)24-11-13-27-32(7,20-23(24)10-12-25(33)30(28,3)4)17-14-26-31(5,6)29(38-22(2)36)16-19-34(26,27)9/h20,24-29H,10-19H2,1-9H3/t24-,25-,26-,27-,28-,29-,32-,33+,34-/m0/s1. The van der Waals surface area contributed by atoms with Gasteiger partial charge < -0.3 is 9.47 Å². The lowest BCUT2D eigenvalue weighted by molar-refractivity contribution is -0.188. The van der Waals surface area contributed by atoms with Crippen molar-refractivity contribution >= 4 is 11.9 Å². The van der Waals surface area contributed by atoms with E-state index in [0.717, 1.165) is 25.7 Å². The average molecular weight is 527 g/mol. The Balaban J connectivity index is 1.45. The molecule has 4 nitrogen and oxygen atoms in total. The Bertz CT molecular complexity index is 1010. The van der Waals surface area contributed by atoms with Crippen LogP contribution in [-0.4, -0.2) is 24.1 Å². The average Bonchev–Trinajstić information content (AvgIpc) is 2.94. The lowest BCUT2D eigenvalue weighted by Gasteiger charge is -2.63. The summed E-state index contributed by atoms with van der Waals surface area (Å²) >= 11 is 0. The molecule has 0 amide bonds. The van der Waals surface area contributed by atoms with Crippen LogP contribution >= 0.6 is 0 Å². The van der Waals surface area contributed by atoms with E-state index in [-0.39, 0.29) is 51.2 Å². The van der Waals surface area contributed by atoms with Gasteiger partial charge in [-0.25, -0.2) is 0 Å². The summed E-state index contributed by atoms with van der Waals surface area (Å²) < 4.78 is 11.8. The van der Waals surface area contributed by atoms with Crippen molar-refractivity contribution in [2.45, 2.75) is 139 Å². The molecule has 0 radical (unpaired) electrons. The molecule has 0 unspecified atom stereocenters. The Labute approximate surface area is 232 Å². The van der Waals surface area contributed by atoms with Crippen LogP contribution in [0.2, 0.25) is 0 Å². The molecule has 0 saturated heterocycles. The lowest BCUT2D eigenvalue weighted by atomic mass is 9.42. The number of allylic oxidation sites excluding steroid dienone is 2. The molecule has 4 saturated carbocycles. The number of ether oxygens (including phenoxy) is 2. The number of fused-ring (bicyclic) bond motifs is 6. The number of hydrogen-bond acceptors (Lipinski definition) is 4. The van der Waals surface area contributed by atoms with E-state index in [4.69, 9.17) is 9.47 Å². The van der Waals surface area contributed by atoms with Crippen molar-refractivity contribution in [3.63, 3.8) is 0 Å². The molecule has 0 heterocycles. The molecule has 4 fully saturated rings. The molecule has 4 heteroatoms. The van der Waals surface area contributed by atoms with Crippen LogP contribution < -0.4 is 0 Å². The van der Waals surface area contributed by atoms with Gasteiger partial charge in [-0.3, -0.25) is 9.59 Å². The van der Waals surface area contributed by atoms with Gasteiger partial charge in [0, 0.05) is 24.7 Å². The summed E-state index contributed by atoms with van der Waals surface area (Å²) in [5.41, 5.74) is 2.52. The van der Waals surface area contributed by atoms with E-state index in [1.807, 2.05) is 0 Å². The molecule has 0 aromatic heterocycles. The molecule has 214 valence electrons. The Morgan fingerprint density at radius 2 is 1.18 bits per heavy atom. The molecule has 0 N–H and O–H groups in total. The maximum absolute atomic E-state index is 11.9. The Hall–Kier alpha value is -1.32. The second kappa shape index (κ2) is 9.10. The molecule has 9 atom stereocenters. The van der Waals surface area contributed by atoms with E-state index in [2.05, 4.69) is 54.5 Å². The first-order valence-electron chi connectivity index (χ1n) is 15.6. The third kappa shape index (κ3) is 4.12. The van der Waals surface area contributed by atoms with Crippen molar-refractivity contribution < 1.29 is 19.1 Å². The zero-order valence-electron chi connectivity index (χ0n) is 25.7. The van der Waals surface area contributed by atoms with Crippen molar-refractivity contribution in [2.75, 3.05) is 0 Å². The highest BCUT2D eigenvalue weighted by Crippen LogP contribution is 2.69. The summed E-state index contributed by atoms with van der Waals surface area (Å²) in [6, 6.07) is 0. The van der Waals surface area contributed by atoms with Crippen molar-refractivity contribution in [1.29, 1.82) is 0 Å². The van der Waals surface area contributed by atoms with Crippen molar-refractivity contribution in [3.8, 4) is 0 Å². The Morgan fingerprint density at radius 3 is 1.74 bits per heavy atom. The fourth-order valence-electron chi connectivity index (χ4n) is 11.8. The number of rotatable bonds is 2. The predicted octanol–water partition coefficient (Wildman–Crippen LogP) is 8.28. The van der Waals surface area contributed by atoms with Gasteiger partial charge in [-0.1, -0.05) is 60.1 Å². The molecule has 0 bridgehead atoms. The largest absolute Gasteiger partial charge is 0.462 e. The third-order valence-electron chi connectivity index (χ3n) is 13.3. The zero-order chi connectivity index (χ0) is 27.9. The molecular weight excluding hydrogens is 472 g/mol. The first-order chi connectivity index (χ1) is 17.6. The Kier molecular flexibility index (Phi) is 6.76. The van der Waals surface area contributed by atoms with E-state index in [9.17, 15) is 9.59 Å². The first kappa shape index (κ1) is 28.2. The lowest BCUT2D eigenvalue weighted by Crippen LogP contribution is -2.58. The molecule has 0 spiro atoms. The number of carbonyl (C=O) groups excluding carboxylic acids is 2. The monoisotopic (exact) mass is 526 g/mol. The fourth-order valence-corrected chi connectivity index (χ4v) is 11.8. The van der Waals surface area contributed by atoms with E-state index in [1.165, 1.54) is 38.5 Å². The molecule has 38 heavy (non-hydrogen) atoms. The van der Waals surface area contributed by atoms with E-state index < -0.39 is 0 Å². The third-order valence-corrected chi connectivity index (χ3v) is 13.3. The van der Waals surface area contributed by atoms with Gasteiger partial charge in [0.2, 0.25) is 0 Å². The van der Waals surface area contributed by atoms with Crippen LogP contribution in [0.3, 0.4) is 0 Å². The molecule has 5 rings (SSSR count). The van der Waals surface area contributed by atoms with Crippen molar-refractivity contribution in [2.24, 2.45) is 50.7 Å². The number of esters is 2. The van der Waals surface area contributed by atoms with E-state index in [0.29, 0.717) is 23.7 Å². The second-order valence-electron chi connectivity index (χ2n) is 16.0. The highest BCUT2D eigenvalue weighted by molar-refractivity contribution is 5.66. The Morgan fingerprint density at radius 1 is 0.658 bits per heavy atom. The van der Waals surface area contributed by atoms with Crippen LogP contribution in [0.5, 0.6) is 0 Å². The van der Waals surface area contributed by atoms with Crippen molar-refractivity contribution in [1.82, 2.24) is 0 Å². The maximum atomic E-state index is 11.9. The molecule has 5 aliphatic carbocycles. The van der Waals surface area contributed by atoms with Gasteiger partial charge in [0.1, 0.15) is 12.2 Å². The van der Waals surface area contributed by atoms with Gasteiger partial charge in [-0.05, 0) is 104 Å². The summed E-state index contributed by atoms with van der Waals surface area (Å²) in [6.45, 7) is 20.4. The van der Waals surface area contributed by atoms with E-state index in [1.54, 1.807) is 19.4 Å². The SMILES string of the molecule is CC(=O)O[C@H]1CC[C@]2(C)[C@H]3CC[C@H]4C(=C[C@]3(C)CC[C@H]2C1(C)C)CC[C@H]1C(C)(C)[C@@H](OC(C)=O)CC[C@]41C. The first-order valence-corrected chi connectivity index (χ1v) is 15.6. The molecule has 0 aliphatic heterocycles. The normalized spacial score (nSPS) is 47.1. The fraction of sp³-hybridized carbons (Fsp3) is 0.882. The summed E-state index contributed by atoms with van der Waals surface area (Å²) in [5, 5.41) is 0. The summed E-state index contributed by atoms with van der Waals surface area (Å²) in [6.07, 6.45) is 14.6. The van der Waals surface area contributed by atoms with Crippen molar-refractivity contribution in [3.05, 3.63) is 11.6 Å². The minimum absolute atomic E-state index is 0.00238. The summed E-state index contributed by atoms with van der Waals surface area (Å²) in [4.78, 5) is 23.8. The van der Waals surface area contributed by atoms with Gasteiger partial charge in [-0.2, -0.15) is 0 Å². The molecule has 5 aliphatic rings. The highest BCUT2D eigenvalue weighted by atomic mass is 16.5.